The lowest BCUT2D eigenvalue weighted by molar-refractivity contribution is -0.221. The van der Waals surface area contributed by atoms with Crippen molar-refractivity contribution in [2.45, 2.75) is 111 Å². The highest BCUT2D eigenvalue weighted by Gasteiger charge is 2.65. The predicted octanol–water partition coefficient (Wildman–Crippen LogP) is 6.07. The van der Waals surface area contributed by atoms with Crippen LogP contribution >= 0.6 is 0 Å². The highest BCUT2D eigenvalue weighted by atomic mass is 16.6. The van der Waals surface area contributed by atoms with Crippen molar-refractivity contribution in [1.82, 2.24) is 0 Å². The van der Waals surface area contributed by atoms with Crippen molar-refractivity contribution in [3.63, 3.8) is 0 Å². The molecular formula is C30H48O4. The first-order valence-corrected chi connectivity index (χ1v) is 13.8. The number of hydrogen-bond donors (Lipinski definition) is 2. The number of fused-ring (bicyclic) bond motifs is 5. The van der Waals surface area contributed by atoms with Gasteiger partial charge in [-0.15, -0.1) is 0 Å². The molecule has 0 spiro atoms. The van der Waals surface area contributed by atoms with E-state index in [1.54, 1.807) is 0 Å². The second kappa shape index (κ2) is 9.07. The Balaban J connectivity index is 1.67. The number of allylic oxidation sites excluding steroid dienone is 3. The third-order valence-electron chi connectivity index (χ3n) is 11.0. The van der Waals surface area contributed by atoms with E-state index in [0.29, 0.717) is 41.9 Å². The average molecular weight is 473 g/mol. The first-order chi connectivity index (χ1) is 15.8. The Morgan fingerprint density at radius 1 is 1.06 bits per heavy atom. The number of carbonyl (C=O) groups is 1. The van der Waals surface area contributed by atoms with Crippen LogP contribution in [0.5, 0.6) is 0 Å². The van der Waals surface area contributed by atoms with Crippen LogP contribution in [0.3, 0.4) is 0 Å². The molecular weight excluding hydrogens is 424 g/mol. The molecule has 4 nitrogen and oxygen atoms in total. The smallest absolute Gasteiger partial charge is 0.303 e. The Hall–Kier alpha value is -1.13. The summed E-state index contributed by atoms with van der Waals surface area (Å²) in [4.78, 5) is 12.0. The van der Waals surface area contributed by atoms with E-state index < -0.39 is 17.8 Å². The zero-order chi connectivity index (χ0) is 25.1. The number of hydrogen-bond acceptors (Lipinski definition) is 4. The minimum Gasteiger partial charge on any atom is -0.455 e. The molecule has 0 aromatic carbocycles. The minimum absolute atomic E-state index is 0.230. The van der Waals surface area contributed by atoms with Gasteiger partial charge in [0.15, 0.2) is 0 Å². The maximum atomic E-state index is 12.0. The number of rotatable bonds is 5. The van der Waals surface area contributed by atoms with Crippen molar-refractivity contribution in [1.29, 1.82) is 0 Å². The maximum absolute atomic E-state index is 12.0. The van der Waals surface area contributed by atoms with Gasteiger partial charge in [-0.3, -0.25) is 4.79 Å². The lowest BCUT2D eigenvalue weighted by atomic mass is 9.45. The minimum atomic E-state index is -1.21. The van der Waals surface area contributed by atoms with Crippen LogP contribution in [0.4, 0.5) is 0 Å². The first kappa shape index (κ1) is 25.9. The third-order valence-corrected chi connectivity index (χ3v) is 11.0. The summed E-state index contributed by atoms with van der Waals surface area (Å²) in [5, 5.41) is 22.4. The van der Waals surface area contributed by atoms with Crippen molar-refractivity contribution in [3.05, 3.63) is 23.8 Å². The van der Waals surface area contributed by atoms with Crippen LogP contribution in [0.15, 0.2) is 23.8 Å². The number of aliphatic hydroxyl groups is 2. The van der Waals surface area contributed by atoms with Crippen molar-refractivity contribution in [3.8, 4) is 0 Å². The van der Waals surface area contributed by atoms with Crippen LogP contribution in [0.2, 0.25) is 0 Å². The molecule has 0 aromatic heterocycles. The SMILES string of the molecule is CC(=O)OC1C=C2C3CCC(C(C)C=CC(C)C(C)C)C3(C)CCC2C2(C)CCC(O)CC12O. The Morgan fingerprint density at radius 3 is 2.41 bits per heavy atom. The van der Waals surface area contributed by atoms with Crippen LogP contribution < -0.4 is 0 Å². The standard InChI is InChI=1S/C30H48O4/c1-18(2)19(3)8-9-20(4)24-10-11-25-23-16-27(34-21(5)31)30(33)17-22(32)12-15-29(30,7)26(23)13-14-28(24,25)6/h8-9,16,18-20,22,24-27,32-33H,10-15,17H2,1-7H3. The van der Waals surface area contributed by atoms with Gasteiger partial charge in [-0.1, -0.05) is 59.3 Å². The summed E-state index contributed by atoms with van der Waals surface area (Å²) in [6.07, 6.45) is 12.2. The zero-order valence-electron chi connectivity index (χ0n) is 22.5. The van der Waals surface area contributed by atoms with Gasteiger partial charge in [0.25, 0.3) is 0 Å². The van der Waals surface area contributed by atoms with Crippen molar-refractivity contribution < 1.29 is 19.7 Å². The van der Waals surface area contributed by atoms with Gasteiger partial charge >= 0.3 is 5.97 Å². The lowest BCUT2D eigenvalue weighted by Gasteiger charge is -2.62. The van der Waals surface area contributed by atoms with Gasteiger partial charge in [0.2, 0.25) is 0 Å². The van der Waals surface area contributed by atoms with Gasteiger partial charge in [0.1, 0.15) is 11.7 Å². The van der Waals surface area contributed by atoms with E-state index in [1.807, 2.05) is 0 Å². The zero-order valence-corrected chi connectivity index (χ0v) is 22.5. The van der Waals surface area contributed by atoms with Gasteiger partial charge < -0.3 is 14.9 Å². The van der Waals surface area contributed by atoms with E-state index in [4.69, 9.17) is 4.74 Å². The summed E-state index contributed by atoms with van der Waals surface area (Å²) in [5.74, 6) is 2.83. The van der Waals surface area contributed by atoms with Gasteiger partial charge in [0, 0.05) is 18.8 Å². The lowest BCUT2D eigenvalue weighted by Crippen LogP contribution is -2.66. The molecule has 0 aromatic rings. The van der Waals surface area contributed by atoms with Crippen LogP contribution in [0, 0.1) is 46.3 Å². The second-order valence-corrected chi connectivity index (χ2v) is 13.1. The second-order valence-electron chi connectivity index (χ2n) is 13.1. The highest BCUT2D eigenvalue weighted by Crippen LogP contribution is 2.67. The summed E-state index contributed by atoms with van der Waals surface area (Å²) in [7, 11) is 0. The van der Waals surface area contributed by atoms with E-state index in [1.165, 1.54) is 31.8 Å². The Bertz CT molecular complexity index is 845. The summed E-state index contributed by atoms with van der Waals surface area (Å²) in [5.41, 5.74) is 0.0686. The summed E-state index contributed by atoms with van der Waals surface area (Å²) in [6, 6.07) is 0. The van der Waals surface area contributed by atoms with Crippen LogP contribution in [0.25, 0.3) is 0 Å². The summed E-state index contributed by atoms with van der Waals surface area (Å²) in [6.45, 7) is 15.4. The fourth-order valence-corrected chi connectivity index (χ4v) is 8.44. The van der Waals surface area contributed by atoms with E-state index >= 15 is 0 Å². The molecule has 0 bridgehead atoms. The Morgan fingerprint density at radius 2 is 1.76 bits per heavy atom. The van der Waals surface area contributed by atoms with E-state index in [-0.39, 0.29) is 23.2 Å². The van der Waals surface area contributed by atoms with Crippen molar-refractivity contribution in [2.24, 2.45) is 46.3 Å². The van der Waals surface area contributed by atoms with Crippen LogP contribution in [-0.2, 0) is 9.53 Å². The molecule has 4 aliphatic carbocycles. The Labute approximate surface area is 207 Å². The molecule has 0 radical (unpaired) electrons. The molecule has 2 N–H and O–H groups in total. The van der Waals surface area contributed by atoms with E-state index in [0.717, 1.165) is 12.8 Å². The molecule has 4 rings (SSSR count). The highest BCUT2D eigenvalue weighted by molar-refractivity contribution is 5.66. The number of carbonyl (C=O) groups excluding carboxylic acids is 1. The van der Waals surface area contributed by atoms with Gasteiger partial charge in [-0.2, -0.15) is 0 Å². The summed E-state index contributed by atoms with van der Waals surface area (Å²) < 4.78 is 5.78. The fourth-order valence-electron chi connectivity index (χ4n) is 8.44. The third kappa shape index (κ3) is 4.01. The number of esters is 1. The van der Waals surface area contributed by atoms with Crippen LogP contribution in [0.1, 0.15) is 93.4 Å². The molecule has 192 valence electrons. The van der Waals surface area contributed by atoms with Crippen LogP contribution in [-0.4, -0.2) is 34.0 Å². The molecule has 0 heterocycles. The maximum Gasteiger partial charge on any atom is 0.303 e. The number of aliphatic hydroxyl groups excluding tert-OH is 1. The van der Waals surface area contributed by atoms with Gasteiger partial charge in [0.05, 0.1) is 6.10 Å². The molecule has 10 unspecified atom stereocenters. The normalized spacial score (nSPS) is 45.8. The Kier molecular flexibility index (Phi) is 6.92. The van der Waals surface area contributed by atoms with Crippen molar-refractivity contribution >= 4 is 5.97 Å². The monoisotopic (exact) mass is 472 g/mol. The number of ether oxygens (including phenoxy) is 1. The first-order valence-electron chi connectivity index (χ1n) is 13.8. The van der Waals surface area contributed by atoms with E-state index in [2.05, 4.69) is 59.8 Å². The molecule has 0 amide bonds. The fraction of sp³-hybridized carbons (Fsp3) is 0.833. The molecule has 10 atom stereocenters. The van der Waals surface area contributed by atoms with E-state index in [9.17, 15) is 15.0 Å². The topological polar surface area (TPSA) is 66.8 Å². The molecule has 3 fully saturated rings. The molecule has 3 saturated carbocycles. The largest absolute Gasteiger partial charge is 0.455 e. The summed E-state index contributed by atoms with van der Waals surface area (Å²) >= 11 is 0. The quantitative estimate of drug-likeness (QED) is 0.377. The molecule has 34 heavy (non-hydrogen) atoms. The predicted molar refractivity (Wildman–Crippen MR) is 136 cm³/mol. The molecule has 4 aliphatic rings. The van der Waals surface area contributed by atoms with Gasteiger partial charge in [-0.05, 0) is 85.5 Å². The average Bonchev–Trinajstić information content (AvgIpc) is 3.10. The van der Waals surface area contributed by atoms with Crippen molar-refractivity contribution in [2.75, 3.05) is 0 Å². The molecule has 4 heteroatoms. The molecule has 0 saturated heterocycles. The molecule has 0 aliphatic heterocycles. The van der Waals surface area contributed by atoms with Gasteiger partial charge in [-0.25, -0.2) is 0 Å².